The summed E-state index contributed by atoms with van der Waals surface area (Å²) in [5, 5.41) is 3.67. The molecule has 6 heteroatoms. The second kappa shape index (κ2) is 7.98. The van der Waals surface area contributed by atoms with Crippen LogP contribution in [-0.4, -0.2) is 39.1 Å². The van der Waals surface area contributed by atoms with Crippen LogP contribution in [-0.2, 0) is 10.0 Å². The van der Waals surface area contributed by atoms with Gasteiger partial charge in [-0.3, -0.25) is 0 Å². The van der Waals surface area contributed by atoms with E-state index in [1.54, 1.807) is 19.2 Å². The molecule has 1 aromatic rings. The van der Waals surface area contributed by atoms with Crippen molar-refractivity contribution < 1.29 is 8.42 Å². The molecule has 0 saturated heterocycles. The van der Waals surface area contributed by atoms with E-state index in [9.17, 15) is 8.42 Å². The third-order valence-electron chi connectivity index (χ3n) is 3.42. The number of nitrogens with zero attached hydrogens (tertiary/aromatic N) is 1. The number of nitrogens with one attached hydrogen (secondary N) is 1. The normalized spacial score (nSPS) is 13.7. The van der Waals surface area contributed by atoms with Crippen molar-refractivity contribution in [1.82, 2.24) is 9.62 Å². The second-order valence-electron chi connectivity index (χ2n) is 4.87. The monoisotopic (exact) mass is 318 g/mol. The standard InChI is InChI=1S/C14H23ClN2O2S/c1-12(13-6-8-14(15)9-7-13)17(3)20(18,19)11-5-4-10-16-2/h6-9,12,16H,4-5,10-11H2,1-3H3. The van der Waals surface area contributed by atoms with Gasteiger partial charge in [-0.1, -0.05) is 23.7 Å². The van der Waals surface area contributed by atoms with Crippen LogP contribution >= 0.6 is 11.6 Å². The summed E-state index contributed by atoms with van der Waals surface area (Å²) in [6.45, 7) is 2.72. The Labute approximate surface area is 127 Å². The molecule has 0 fully saturated rings. The van der Waals surface area contributed by atoms with Crippen molar-refractivity contribution >= 4 is 21.6 Å². The Morgan fingerprint density at radius 1 is 1.25 bits per heavy atom. The van der Waals surface area contributed by atoms with Gasteiger partial charge in [-0.15, -0.1) is 0 Å². The van der Waals surface area contributed by atoms with Gasteiger partial charge in [0.2, 0.25) is 10.0 Å². The molecular weight excluding hydrogens is 296 g/mol. The molecule has 0 bridgehead atoms. The Balaban J connectivity index is 2.67. The van der Waals surface area contributed by atoms with Gasteiger partial charge in [0.25, 0.3) is 0 Å². The minimum absolute atomic E-state index is 0.184. The molecule has 1 unspecified atom stereocenters. The van der Waals surface area contributed by atoms with Gasteiger partial charge < -0.3 is 5.32 Å². The first-order valence-electron chi connectivity index (χ1n) is 6.74. The lowest BCUT2D eigenvalue weighted by atomic mass is 10.1. The van der Waals surface area contributed by atoms with E-state index >= 15 is 0 Å². The summed E-state index contributed by atoms with van der Waals surface area (Å²) < 4.78 is 25.9. The first kappa shape index (κ1) is 17.4. The minimum atomic E-state index is -3.23. The zero-order valence-corrected chi connectivity index (χ0v) is 13.8. The summed E-state index contributed by atoms with van der Waals surface area (Å²) in [6, 6.07) is 7.09. The molecule has 4 nitrogen and oxygen atoms in total. The van der Waals surface area contributed by atoms with Crippen molar-refractivity contribution in [1.29, 1.82) is 0 Å². The van der Waals surface area contributed by atoms with Gasteiger partial charge in [0, 0.05) is 18.1 Å². The highest BCUT2D eigenvalue weighted by Crippen LogP contribution is 2.23. The number of rotatable bonds is 8. The molecule has 114 valence electrons. The molecule has 1 rings (SSSR count). The van der Waals surface area contributed by atoms with Gasteiger partial charge in [-0.25, -0.2) is 8.42 Å². The van der Waals surface area contributed by atoms with Crippen LogP contribution in [0.15, 0.2) is 24.3 Å². The topological polar surface area (TPSA) is 49.4 Å². The fraction of sp³-hybridized carbons (Fsp3) is 0.571. The first-order chi connectivity index (χ1) is 9.38. The quantitative estimate of drug-likeness (QED) is 0.750. The average Bonchev–Trinajstić information content (AvgIpc) is 2.43. The summed E-state index contributed by atoms with van der Waals surface area (Å²) in [4.78, 5) is 0. The highest BCUT2D eigenvalue weighted by molar-refractivity contribution is 7.89. The van der Waals surface area contributed by atoms with Crippen LogP contribution in [0.2, 0.25) is 5.02 Å². The van der Waals surface area contributed by atoms with Gasteiger partial charge in [-0.05, 0) is 51.1 Å². The third-order valence-corrected chi connectivity index (χ3v) is 5.67. The minimum Gasteiger partial charge on any atom is -0.320 e. The molecule has 0 saturated carbocycles. The summed E-state index contributed by atoms with van der Waals surface area (Å²) >= 11 is 5.85. The lowest BCUT2D eigenvalue weighted by molar-refractivity contribution is 0.397. The SMILES string of the molecule is CNCCCCS(=O)(=O)N(C)C(C)c1ccc(Cl)cc1. The Morgan fingerprint density at radius 3 is 2.40 bits per heavy atom. The number of sulfonamides is 1. The zero-order chi connectivity index (χ0) is 15.2. The van der Waals surface area contributed by atoms with E-state index in [0.29, 0.717) is 11.4 Å². The van der Waals surface area contributed by atoms with Crippen LogP contribution in [0.3, 0.4) is 0 Å². The molecule has 0 aromatic heterocycles. The number of halogens is 1. The van der Waals surface area contributed by atoms with Crippen LogP contribution in [0.25, 0.3) is 0 Å². The Bertz CT molecular complexity index is 502. The fourth-order valence-corrected chi connectivity index (χ4v) is 3.51. The number of unbranched alkanes of at least 4 members (excludes halogenated alkanes) is 1. The highest BCUT2D eigenvalue weighted by atomic mass is 35.5. The summed E-state index contributed by atoms with van der Waals surface area (Å²) in [6.07, 6.45) is 1.53. The van der Waals surface area contributed by atoms with Crippen LogP contribution in [0.1, 0.15) is 31.4 Å². The van der Waals surface area contributed by atoms with Crippen molar-refractivity contribution in [2.24, 2.45) is 0 Å². The Hall–Kier alpha value is -0.620. The van der Waals surface area contributed by atoms with Crippen molar-refractivity contribution in [3.63, 3.8) is 0 Å². The second-order valence-corrected chi connectivity index (χ2v) is 7.45. The molecule has 0 amide bonds. The molecule has 0 aliphatic rings. The lowest BCUT2D eigenvalue weighted by Crippen LogP contribution is -2.32. The Morgan fingerprint density at radius 2 is 1.85 bits per heavy atom. The number of hydrogen-bond acceptors (Lipinski definition) is 3. The predicted octanol–water partition coefficient (Wildman–Crippen LogP) is 2.66. The third kappa shape index (κ3) is 5.05. The summed E-state index contributed by atoms with van der Waals surface area (Å²) in [5.74, 6) is 0.184. The maximum Gasteiger partial charge on any atom is 0.214 e. The molecule has 1 N–H and O–H groups in total. The molecular formula is C14H23ClN2O2S. The largest absolute Gasteiger partial charge is 0.320 e. The molecule has 0 spiro atoms. The molecule has 1 atom stereocenters. The smallest absolute Gasteiger partial charge is 0.214 e. The van der Waals surface area contributed by atoms with E-state index in [-0.39, 0.29) is 11.8 Å². The van der Waals surface area contributed by atoms with Crippen LogP contribution in [0, 0.1) is 0 Å². The van der Waals surface area contributed by atoms with Crippen molar-refractivity contribution in [3.05, 3.63) is 34.9 Å². The van der Waals surface area contributed by atoms with E-state index in [1.807, 2.05) is 26.1 Å². The molecule has 0 heterocycles. The number of benzene rings is 1. The summed E-state index contributed by atoms with van der Waals surface area (Å²) in [7, 11) is 0.270. The van der Waals surface area contributed by atoms with E-state index in [1.165, 1.54) is 4.31 Å². The molecule has 0 radical (unpaired) electrons. The van der Waals surface area contributed by atoms with E-state index < -0.39 is 10.0 Å². The van der Waals surface area contributed by atoms with Gasteiger partial charge in [-0.2, -0.15) is 4.31 Å². The average molecular weight is 319 g/mol. The molecule has 0 aliphatic carbocycles. The lowest BCUT2D eigenvalue weighted by Gasteiger charge is -2.24. The number of hydrogen-bond donors (Lipinski definition) is 1. The van der Waals surface area contributed by atoms with Crippen LogP contribution in [0.5, 0.6) is 0 Å². The summed E-state index contributed by atoms with van der Waals surface area (Å²) in [5.41, 5.74) is 0.940. The van der Waals surface area contributed by atoms with E-state index in [2.05, 4.69) is 5.32 Å². The Kier molecular flexibility index (Phi) is 6.95. The molecule has 20 heavy (non-hydrogen) atoms. The van der Waals surface area contributed by atoms with Gasteiger partial charge in [0.05, 0.1) is 5.75 Å². The van der Waals surface area contributed by atoms with E-state index in [4.69, 9.17) is 11.6 Å². The van der Waals surface area contributed by atoms with E-state index in [0.717, 1.165) is 18.5 Å². The van der Waals surface area contributed by atoms with Crippen LogP contribution < -0.4 is 5.32 Å². The van der Waals surface area contributed by atoms with Gasteiger partial charge in [0.15, 0.2) is 0 Å². The zero-order valence-electron chi connectivity index (χ0n) is 12.3. The maximum atomic E-state index is 12.3. The molecule has 1 aromatic carbocycles. The predicted molar refractivity (Wildman–Crippen MR) is 84.6 cm³/mol. The fourth-order valence-electron chi connectivity index (χ4n) is 1.92. The van der Waals surface area contributed by atoms with Gasteiger partial charge in [0.1, 0.15) is 0 Å². The molecule has 0 aliphatic heterocycles. The first-order valence-corrected chi connectivity index (χ1v) is 8.73. The van der Waals surface area contributed by atoms with Crippen molar-refractivity contribution in [2.45, 2.75) is 25.8 Å². The highest BCUT2D eigenvalue weighted by Gasteiger charge is 2.23. The van der Waals surface area contributed by atoms with Crippen LogP contribution in [0.4, 0.5) is 0 Å². The van der Waals surface area contributed by atoms with Gasteiger partial charge >= 0.3 is 0 Å². The van der Waals surface area contributed by atoms with Crippen molar-refractivity contribution in [2.75, 3.05) is 26.4 Å². The maximum absolute atomic E-state index is 12.3. The van der Waals surface area contributed by atoms with Crippen molar-refractivity contribution in [3.8, 4) is 0 Å².